The summed E-state index contributed by atoms with van der Waals surface area (Å²) >= 11 is 0. The van der Waals surface area contributed by atoms with Crippen LogP contribution in [-0.2, 0) is 19.1 Å². The van der Waals surface area contributed by atoms with Crippen molar-refractivity contribution < 1.29 is 29.0 Å². The molecule has 0 spiro atoms. The fourth-order valence-electron chi connectivity index (χ4n) is 4.51. The smallest absolute Gasteiger partial charge is 0.407 e. The molecule has 1 aliphatic carbocycles. The van der Waals surface area contributed by atoms with Crippen molar-refractivity contribution in [2.24, 2.45) is 5.92 Å². The van der Waals surface area contributed by atoms with E-state index in [1.54, 1.807) is 6.92 Å². The van der Waals surface area contributed by atoms with Crippen molar-refractivity contribution in [3.8, 4) is 11.1 Å². The first kappa shape index (κ1) is 21.8. The second-order valence-corrected chi connectivity index (χ2v) is 8.19. The number of hydrogen-bond acceptors (Lipinski definition) is 5. The summed E-state index contributed by atoms with van der Waals surface area (Å²) < 4.78 is 10.7. The van der Waals surface area contributed by atoms with Gasteiger partial charge >= 0.3 is 12.1 Å². The van der Waals surface area contributed by atoms with Crippen LogP contribution in [0, 0.1) is 5.92 Å². The minimum absolute atomic E-state index is 0.0613. The van der Waals surface area contributed by atoms with E-state index in [1.165, 1.54) is 11.9 Å². The highest BCUT2D eigenvalue weighted by Gasteiger charge is 2.39. The molecular weight excluding hydrogens is 412 g/mol. The number of fused-ring (bicyclic) bond motifs is 3. The van der Waals surface area contributed by atoms with Crippen LogP contribution in [-0.4, -0.2) is 66.9 Å². The number of carbonyl (C=O) groups is 3. The second-order valence-electron chi connectivity index (χ2n) is 8.19. The minimum Gasteiger partial charge on any atom is -0.481 e. The summed E-state index contributed by atoms with van der Waals surface area (Å²) in [5, 5.41) is 11.9. The second kappa shape index (κ2) is 9.00. The molecule has 2 aromatic rings. The molecule has 2 N–H and O–H groups in total. The van der Waals surface area contributed by atoms with Crippen LogP contribution in [0.2, 0.25) is 0 Å². The van der Waals surface area contributed by atoms with Gasteiger partial charge in [-0.15, -0.1) is 0 Å². The maximum atomic E-state index is 12.7. The van der Waals surface area contributed by atoms with E-state index in [0.29, 0.717) is 0 Å². The first-order valence-electron chi connectivity index (χ1n) is 10.6. The Balaban J connectivity index is 1.36. The molecule has 168 valence electrons. The molecule has 2 unspecified atom stereocenters. The van der Waals surface area contributed by atoms with Gasteiger partial charge in [0.1, 0.15) is 18.6 Å². The van der Waals surface area contributed by atoms with Crippen molar-refractivity contribution in [1.29, 1.82) is 0 Å². The summed E-state index contributed by atoms with van der Waals surface area (Å²) in [5.41, 5.74) is 4.47. The zero-order chi connectivity index (χ0) is 22.8. The third kappa shape index (κ3) is 4.05. The molecule has 1 aliphatic heterocycles. The van der Waals surface area contributed by atoms with Crippen molar-refractivity contribution in [2.75, 3.05) is 26.9 Å². The summed E-state index contributed by atoms with van der Waals surface area (Å²) in [6.45, 7) is 1.91. The van der Waals surface area contributed by atoms with Gasteiger partial charge in [0.05, 0.1) is 19.3 Å². The third-order valence-corrected chi connectivity index (χ3v) is 6.26. The largest absolute Gasteiger partial charge is 0.481 e. The fourth-order valence-corrected chi connectivity index (χ4v) is 4.51. The standard InChI is InChI=1S/C24H26N2O6/c1-14(22(27)26(2)21-13-31-11-20(21)23(28)29)25-24(30)32-12-19-17-9-5-3-7-15(17)16-8-4-6-10-18(16)19/h3-10,14,19-21H,11-13H2,1-2H3,(H,25,30)(H,28,29)/t14-,20?,21?/m0/s1. The van der Waals surface area contributed by atoms with Crippen LogP contribution in [0.15, 0.2) is 48.5 Å². The summed E-state index contributed by atoms with van der Waals surface area (Å²) in [6, 6.07) is 14.6. The number of nitrogens with zero attached hydrogens (tertiary/aromatic N) is 1. The molecule has 8 heteroatoms. The van der Waals surface area contributed by atoms with Gasteiger partial charge in [-0.2, -0.15) is 0 Å². The van der Waals surface area contributed by atoms with E-state index in [9.17, 15) is 19.5 Å². The number of ether oxygens (including phenoxy) is 2. The molecular formula is C24H26N2O6. The Hall–Kier alpha value is -3.39. The van der Waals surface area contributed by atoms with E-state index in [4.69, 9.17) is 9.47 Å². The van der Waals surface area contributed by atoms with Crippen LogP contribution in [0.1, 0.15) is 24.0 Å². The number of carboxylic acid groups (broad SMARTS) is 1. The number of carbonyl (C=O) groups excluding carboxylic acids is 2. The van der Waals surface area contributed by atoms with Crippen molar-refractivity contribution >= 4 is 18.0 Å². The van der Waals surface area contributed by atoms with E-state index >= 15 is 0 Å². The maximum absolute atomic E-state index is 12.7. The highest BCUT2D eigenvalue weighted by atomic mass is 16.5. The van der Waals surface area contributed by atoms with Gasteiger partial charge in [0.2, 0.25) is 5.91 Å². The number of alkyl carbamates (subject to hydrolysis) is 1. The van der Waals surface area contributed by atoms with Crippen LogP contribution >= 0.6 is 0 Å². The summed E-state index contributed by atoms with van der Waals surface area (Å²) in [4.78, 5) is 37.9. The summed E-state index contributed by atoms with van der Waals surface area (Å²) in [6.07, 6.45) is -0.696. The molecule has 0 radical (unpaired) electrons. The first-order chi connectivity index (χ1) is 15.4. The molecule has 1 saturated heterocycles. The molecule has 1 fully saturated rings. The van der Waals surface area contributed by atoms with E-state index in [2.05, 4.69) is 17.4 Å². The van der Waals surface area contributed by atoms with Gasteiger partial charge < -0.3 is 24.8 Å². The van der Waals surface area contributed by atoms with Crippen molar-refractivity contribution in [1.82, 2.24) is 10.2 Å². The molecule has 0 bridgehead atoms. The van der Waals surface area contributed by atoms with Gasteiger partial charge in [-0.1, -0.05) is 48.5 Å². The molecule has 4 rings (SSSR count). The number of nitrogens with one attached hydrogen (secondary N) is 1. The number of aliphatic carboxylic acids is 1. The lowest BCUT2D eigenvalue weighted by Crippen LogP contribution is -2.52. The van der Waals surface area contributed by atoms with E-state index < -0.39 is 36.0 Å². The lowest BCUT2D eigenvalue weighted by Gasteiger charge is -2.29. The number of hydrogen-bond donors (Lipinski definition) is 2. The highest BCUT2D eigenvalue weighted by molar-refractivity contribution is 5.86. The van der Waals surface area contributed by atoms with Crippen LogP contribution in [0.25, 0.3) is 11.1 Å². The summed E-state index contributed by atoms with van der Waals surface area (Å²) in [5.74, 6) is -2.27. The van der Waals surface area contributed by atoms with Crippen molar-refractivity contribution in [3.63, 3.8) is 0 Å². The summed E-state index contributed by atoms with van der Waals surface area (Å²) in [7, 11) is 1.52. The molecule has 2 amide bonds. The first-order valence-corrected chi connectivity index (χ1v) is 10.6. The number of likely N-dealkylation sites (N-methyl/N-ethyl adjacent to an activating group) is 1. The normalized spacial score (nSPS) is 20.2. The van der Waals surface area contributed by atoms with Gasteiger partial charge in [0, 0.05) is 13.0 Å². The van der Waals surface area contributed by atoms with Gasteiger partial charge in [0.25, 0.3) is 0 Å². The van der Waals surface area contributed by atoms with Gasteiger partial charge in [0.15, 0.2) is 0 Å². The SMILES string of the molecule is C[C@H](NC(=O)OCC1c2ccccc2-c2ccccc21)C(=O)N(C)C1COCC1C(=O)O. The molecule has 0 saturated carbocycles. The quantitative estimate of drug-likeness (QED) is 0.718. The molecule has 32 heavy (non-hydrogen) atoms. The Labute approximate surface area is 186 Å². The Bertz CT molecular complexity index is 993. The zero-order valence-corrected chi connectivity index (χ0v) is 18.0. The Morgan fingerprint density at radius 1 is 1.09 bits per heavy atom. The van der Waals surface area contributed by atoms with Crippen LogP contribution in [0.3, 0.4) is 0 Å². The maximum Gasteiger partial charge on any atom is 0.407 e. The van der Waals surface area contributed by atoms with Gasteiger partial charge in [-0.25, -0.2) is 4.79 Å². The van der Waals surface area contributed by atoms with Crippen LogP contribution < -0.4 is 5.32 Å². The van der Waals surface area contributed by atoms with Crippen LogP contribution in [0.4, 0.5) is 4.79 Å². The highest BCUT2D eigenvalue weighted by Crippen LogP contribution is 2.44. The Morgan fingerprint density at radius 3 is 2.28 bits per heavy atom. The Morgan fingerprint density at radius 2 is 1.69 bits per heavy atom. The van der Waals surface area contributed by atoms with E-state index in [-0.39, 0.29) is 25.7 Å². The molecule has 3 atom stereocenters. The molecule has 8 nitrogen and oxygen atoms in total. The van der Waals surface area contributed by atoms with Crippen molar-refractivity contribution in [3.05, 3.63) is 59.7 Å². The number of rotatable bonds is 6. The van der Waals surface area contributed by atoms with Gasteiger partial charge in [-0.05, 0) is 29.2 Å². The van der Waals surface area contributed by atoms with Crippen LogP contribution in [0.5, 0.6) is 0 Å². The fraction of sp³-hybridized carbons (Fsp3) is 0.375. The Kier molecular flexibility index (Phi) is 6.14. The average Bonchev–Trinajstić information content (AvgIpc) is 3.40. The average molecular weight is 438 g/mol. The monoisotopic (exact) mass is 438 g/mol. The molecule has 2 aliphatic rings. The zero-order valence-electron chi connectivity index (χ0n) is 18.0. The number of benzene rings is 2. The lowest BCUT2D eigenvalue weighted by atomic mass is 9.98. The van der Waals surface area contributed by atoms with Gasteiger partial charge in [-0.3, -0.25) is 9.59 Å². The molecule has 0 aromatic heterocycles. The third-order valence-electron chi connectivity index (χ3n) is 6.26. The predicted octanol–water partition coefficient (Wildman–Crippen LogP) is 2.47. The number of amides is 2. The van der Waals surface area contributed by atoms with Crippen molar-refractivity contribution in [2.45, 2.75) is 24.9 Å². The molecule has 1 heterocycles. The topological polar surface area (TPSA) is 105 Å². The predicted molar refractivity (Wildman–Crippen MR) is 116 cm³/mol. The molecule has 2 aromatic carbocycles. The van der Waals surface area contributed by atoms with E-state index in [0.717, 1.165) is 22.3 Å². The van der Waals surface area contributed by atoms with E-state index in [1.807, 2.05) is 36.4 Å². The lowest BCUT2D eigenvalue weighted by molar-refractivity contribution is -0.144. The number of carboxylic acids is 1. The minimum atomic E-state index is -1.01.